The van der Waals surface area contributed by atoms with Crippen molar-refractivity contribution in [3.05, 3.63) is 83.1 Å². The van der Waals surface area contributed by atoms with Gasteiger partial charge in [-0.3, -0.25) is 14.2 Å². The Kier molecular flexibility index (Phi) is 7.11. The summed E-state index contributed by atoms with van der Waals surface area (Å²) in [5.41, 5.74) is 4.24. The summed E-state index contributed by atoms with van der Waals surface area (Å²) in [6.07, 6.45) is 2.96. The second kappa shape index (κ2) is 10.9. The van der Waals surface area contributed by atoms with Gasteiger partial charge in [-0.05, 0) is 55.9 Å². The van der Waals surface area contributed by atoms with Crippen LogP contribution in [0.2, 0.25) is 0 Å². The summed E-state index contributed by atoms with van der Waals surface area (Å²) in [5, 5.41) is 3.75. The molecule has 0 bridgehead atoms. The molecule has 0 spiro atoms. The Morgan fingerprint density at radius 3 is 2.52 bits per heavy atom. The summed E-state index contributed by atoms with van der Waals surface area (Å²) in [5.74, 6) is -0.235. The van der Waals surface area contributed by atoms with Gasteiger partial charge in [-0.1, -0.05) is 18.7 Å². The number of aryl methyl sites for hydroxylation is 2. The Morgan fingerprint density at radius 1 is 1.00 bits per heavy atom. The van der Waals surface area contributed by atoms with Crippen molar-refractivity contribution in [3.8, 4) is 0 Å². The molecule has 10 nitrogen and oxygen atoms in total. The van der Waals surface area contributed by atoms with Crippen molar-refractivity contribution in [2.75, 3.05) is 66.3 Å². The smallest absolute Gasteiger partial charge is 0.275 e. The van der Waals surface area contributed by atoms with E-state index in [2.05, 4.69) is 38.7 Å². The average Bonchev–Trinajstić information content (AvgIpc) is 2.99. The van der Waals surface area contributed by atoms with Crippen molar-refractivity contribution in [2.45, 2.75) is 6.92 Å². The number of halogens is 1. The van der Waals surface area contributed by atoms with Crippen LogP contribution in [-0.2, 0) is 11.8 Å². The fourth-order valence-corrected chi connectivity index (χ4v) is 5.73. The predicted octanol–water partition coefficient (Wildman–Crippen LogP) is 3.94. The van der Waals surface area contributed by atoms with Crippen LogP contribution < -0.4 is 25.6 Å². The molecule has 216 valence electrons. The number of carbonyl (C=O) groups is 1. The molecule has 1 fully saturated rings. The number of nitrogens with zero attached hydrogens (tertiary/aromatic N) is 7. The number of hydrogen-bond donors (Lipinski definition) is 1. The normalized spacial score (nSPS) is 15.6. The maximum atomic E-state index is 15.0. The van der Waals surface area contributed by atoms with Gasteiger partial charge in [-0.15, -0.1) is 0 Å². The molecule has 2 aliphatic rings. The number of nitrogens with one attached hydrogen (secondary N) is 1. The molecule has 6 rings (SSSR count). The van der Waals surface area contributed by atoms with E-state index in [1.807, 2.05) is 36.1 Å². The molecule has 0 radical (unpaired) electrons. The fraction of sp³-hybridized carbons (Fsp3) is 0.290. The van der Waals surface area contributed by atoms with Crippen LogP contribution in [-0.4, -0.2) is 71.7 Å². The molecular formula is C31H33FN8O2. The van der Waals surface area contributed by atoms with Crippen LogP contribution >= 0.6 is 0 Å². The average molecular weight is 569 g/mol. The predicted molar refractivity (Wildman–Crippen MR) is 165 cm³/mol. The lowest BCUT2D eigenvalue weighted by Crippen LogP contribution is -2.44. The zero-order chi connectivity index (χ0) is 29.5. The number of pyridine rings is 1. The van der Waals surface area contributed by atoms with Gasteiger partial charge in [0.25, 0.3) is 11.5 Å². The van der Waals surface area contributed by atoms with Crippen LogP contribution in [0.1, 0.15) is 5.56 Å². The quantitative estimate of drug-likeness (QED) is 0.362. The summed E-state index contributed by atoms with van der Waals surface area (Å²) in [7, 11) is 3.74. The van der Waals surface area contributed by atoms with Crippen LogP contribution in [0.5, 0.6) is 0 Å². The van der Waals surface area contributed by atoms with Crippen LogP contribution in [0.25, 0.3) is 11.0 Å². The van der Waals surface area contributed by atoms with E-state index < -0.39 is 0 Å². The number of anilines is 6. The number of piperazine rings is 1. The minimum Gasteiger partial charge on any atom is -0.367 e. The first-order valence-corrected chi connectivity index (χ1v) is 13.9. The first-order chi connectivity index (χ1) is 20.2. The van der Waals surface area contributed by atoms with Crippen molar-refractivity contribution < 1.29 is 9.18 Å². The standard InChI is InChI=1S/C31H33FN8O2/c1-5-27(41)40-16-15-39(25-8-6-7-20(2)28(25)40)26-17-21-19-33-31(35-29(21)37(4)30(26)42)34-22-9-10-24(23(32)18-22)38-13-11-36(3)12-14-38/h5-10,17-19H,1,11-16H2,2-4H3,(H,33,34,35). The molecule has 0 aliphatic carbocycles. The Morgan fingerprint density at radius 2 is 1.79 bits per heavy atom. The first kappa shape index (κ1) is 27.4. The first-order valence-electron chi connectivity index (χ1n) is 13.9. The number of benzene rings is 2. The molecular weight excluding hydrogens is 535 g/mol. The van der Waals surface area contributed by atoms with Crippen LogP contribution in [0, 0.1) is 12.7 Å². The minimum absolute atomic E-state index is 0.182. The third-order valence-electron chi connectivity index (χ3n) is 8.03. The molecule has 11 heteroatoms. The van der Waals surface area contributed by atoms with Gasteiger partial charge in [0.05, 0.1) is 17.1 Å². The molecule has 1 saturated heterocycles. The third kappa shape index (κ3) is 4.85. The highest BCUT2D eigenvalue weighted by molar-refractivity contribution is 6.05. The number of amides is 1. The van der Waals surface area contributed by atoms with Crippen molar-refractivity contribution in [2.24, 2.45) is 7.05 Å². The van der Waals surface area contributed by atoms with E-state index in [0.29, 0.717) is 41.2 Å². The summed E-state index contributed by atoms with van der Waals surface area (Å²) in [6, 6.07) is 12.6. The number of para-hydroxylation sites is 1. The van der Waals surface area contributed by atoms with E-state index in [0.717, 1.165) is 43.1 Å². The van der Waals surface area contributed by atoms with Gasteiger partial charge in [0.2, 0.25) is 5.95 Å². The van der Waals surface area contributed by atoms with Crippen LogP contribution in [0.4, 0.5) is 38.8 Å². The highest BCUT2D eigenvalue weighted by Gasteiger charge is 2.29. The second-order valence-corrected chi connectivity index (χ2v) is 10.7. The molecule has 4 heterocycles. The number of hydrogen-bond acceptors (Lipinski definition) is 8. The summed E-state index contributed by atoms with van der Waals surface area (Å²) < 4.78 is 16.5. The molecule has 2 aromatic heterocycles. The van der Waals surface area contributed by atoms with Crippen molar-refractivity contribution in [3.63, 3.8) is 0 Å². The molecule has 0 saturated carbocycles. The SMILES string of the molecule is C=CC(=O)N1CCN(c2cc3cnc(Nc4ccc(N5CCN(C)CC5)c(F)c4)nc3n(C)c2=O)c2cccc(C)c21. The molecule has 0 unspecified atom stereocenters. The Bertz CT molecular complexity index is 1760. The molecule has 4 aromatic rings. The van der Waals surface area contributed by atoms with Gasteiger partial charge < -0.3 is 24.9 Å². The van der Waals surface area contributed by atoms with Crippen LogP contribution in [0.15, 0.2) is 66.1 Å². The largest absolute Gasteiger partial charge is 0.367 e. The lowest BCUT2D eigenvalue weighted by Gasteiger charge is -2.38. The van der Waals surface area contributed by atoms with Crippen LogP contribution in [0.3, 0.4) is 0 Å². The summed E-state index contributed by atoms with van der Waals surface area (Å²) >= 11 is 0. The molecule has 2 aromatic carbocycles. The molecule has 42 heavy (non-hydrogen) atoms. The van der Waals surface area contributed by atoms with E-state index in [1.165, 1.54) is 16.7 Å². The highest BCUT2D eigenvalue weighted by atomic mass is 19.1. The molecule has 2 aliphatic heterocycles. The van der Waals surface area contributed by atoms with Gasteiger partial charge >= 0.3 is 0 Å². The van der Waals surface area contributed by atoms with Gasteiger partial charge in [0.1, 0.15) is 17.2 Å². The number of likely N-dealkylation sites (N-methyl/N-ethyl adjacent to an activating group) is 1. The van der Waals surface area contributed by atoms with Gasteiger partial charge in [0.15, 0.2) is 0 Å². The third-order valence-corrected chi connectivity index (χ3v) is 8.03. The van der Waals surface area contributed by atoms with E-state index in [4.69, 9.17) is 0 Å². The number of carbonyl (C=O) groups excluding carboxylic acids is 1. The van der Waals surface area contributed by atoms with Gasteiger partial charge in [0, 0.05) is 63.6 Å². The van der Waals surface area contributed by atoms with E-state index >= 15 is 4.39 Å². The highest BCUT2D eigenvalue weighted by Crippen LogP contribution is 2.39. The number of fused-ring (bicyclic) bond motifs is 2. The molecule has 0 atom stereocenters. The van der Waals surface area contributed by atoms with Gasteiger partial charge in [-0.2, -0.15) is 4.98 Å². The number of rotatable bonds is 5. The zero-order valence-electron chi connectivity index (χ0n) is 24.0. The molecule has 1 amide bonds. The fourth-order valence-electron chi connectivity index (χ4n) is 5.73. The lowest BCUT2D eigenvalue weighted by molar-refractivity contribution is -0.114. The number of aromatic nitrogens is 3. The summed E-state index contributed by atoms with van der Waals surface area (Å²) in [6.45, 7) is 9.76. The monoisotopic (exact) mass is 568 g/mol. The van der Waals surface area contributed by atoms with Crippen molar-refractivity contribution in [1.82, 2.24) is 19.4 Å². The van der Waals surface area contributed by atoms with Crippen molar-refractivity contribution in [1.29, 1.82) is 0 Å². The Hall–Kier alpha value is -4.77. The van der Waals surface area contributed by atoms with E-state index in [-0.39, 0.29) is 23.2 Å². The Labute approximate surface area is 243 Å². The Balaban J connectivity index is 1.30. The second-order valence-electron chi connectivity index (χ2n) is 10.7. The maximum Gasteiger partial charge on any atom is 0.275 e. The summed E-state index contributed by atoms with van der Waals surface area (Å²) in [4.78, 5) is 43.2. The zero-order valence-corrected chi connectivity index (χ0v) is 24.0. The van der Waals surface area contributed by atoms with E-state index in [1.54, 1.807) is 30.3 Å². The topological polar surface area (TPSA) is 89.8 Å². The van der Waals surface area contributed by atoms with E-state index in [9.17, 15) is 9.59 Å². The van der Waals surface area contributed by atoms with Gasteiger partial charge in [-0.25, -0.2) is 9.37 Å². The maximum absolute atomic E-state index is 15.0. The molecule has 1 N–H and O–H groups in total. The lowest BCUT2D eigenvalue weighted by atomic mass is 10.1. The minimum atomic E-state index is -0.312. The van der Waals surface area contributed by atoms with Crippen molar-refractivity contribution >= 4 is 51.3 Å².